The summed E-state index contributed by atoms with van der Waals surface area (Å²) in [5.74, 6) is -0.0851. The smallest absolute Gasteiger partial charge is 0.305 e. The van der Waals surface area contributed by atoms with Gasteiger partial charge in [-0.2, -0.15) is 0 Å². The summed E-state index contributed by atoms with van der Waals surface area (Å²) in [7, 11) is 0. The van der Waals surface area contributed by atoms with Crippen molar-refractivity contribution in [3.63, 3.8) is 0 Å². The molecule has 2 heterocycles. The Bertz CT molecular complexity index is 534. The number of aryl methyl sites for hydroxylation is 1. The molecule has 2 aromatic rings. The van der Waals surface area contributed by atoms with E-state index in [1.165, 1.54) is 10.9 Å². The molecule has 102 valence electrons. The van der Waals surface area contributed by atoms with Gasteiger partial charge in [-0.3, -0.25) is 9.78 Å². The molecular weight excluding hydrogens is 240 g/mol. The van der Waals surface area contributed by atoms with Crippen LogP contribution in [0.1, 0.15) is 32.6 Å². The van der Waals surface area contributed by atoms with Crippen molar-refractivity contribution < 1.29 is 9.53 Å². The molecular formula is C15H20N2O2. The van der Waals surface area contributed by atoms with Crippen molar-refractivity contribution in [3.05, 3.63) is 30.7 Å². The molecule has 0 saturated carbocycles. The second-order valence-corrected chi connectivity index (χ2v) is 4.56. The van der Waals surface area contributed by atoms with Crippen LogP contribution < -0.4 is 0 Å². The molecule has 19 heavy (non-hydrogen) atoms. The van der Waals surface area contributed by atoms with E-state index in [1.54, 1.807) is 0 Å². The Labute approximate surface area is 113 Å². The average Bonchev–Trinajstić information content (AvgIpc) is 2.82. The highest BCUT2D eigenvalue weighted by Crippen LogP contribution is 2.15. The number of hydrogen-bond donors (Lipinski definition) is 0. The molecule has 0 radical (unpaired) electrons. The lowest BCUT2D eigenvalue weighted by Gasteiger charge is -2.05. The molecule has 0 bridgehead atoms. The number of aromatic nitrogens is 2. The minimum atomic E-state index is -0.0851. The SMILES string of the molecule is CCOC(=O)CCCCCn1ccc2ccncc21. The third-order valence-corrected chi connectivity index (χ3v) is 3.16. The Kier molecular flexibility index (Phi) is 4.95. The maximum Gasteiger partial charge on any atom is 0.305 e. The summed E-state index contributed by atoms with van der Waals surface area (Å²) in [5.41, 5.74) is 1.17. The number of pyridine rings is 1. The van der Waals surface area contributed by atoms with Gasteiger partial charge in [0.2, 0.25) is 0 Å². The molecule has 0 aliphatic carbocycles. The van der Waals surface area contributed by atoms with Gasteiger partial charge in [0.1, 0.15) is 0 Å². The molecule has 0 saturated heterocycles. The van der Waals surface area contributed by atoms with Crippen LogP contribution in [0.25, 0.3) is 10.9 Å². The third kappa shape index (κ3) is 3.81. The lowest BCUT2D eigenvalue weighted by Crippen LogP contribution is -2.03. The molecule has 0 aromatic carbocycles. The second-order valence-electron chi connectivity index (χ2n) is 4.56. The van der Waals surface area contributed by atoms with Crippen LogP contribution in [0.3, 0.4) is 0 Å². The molecule has 0 fully saturated rings. The lowest BCUT2D eigenvalue weighted by atomic mass is 10.2. The maximum absolute atomic E-state index is 11.2. The quantitative estimate of drug-likeness (QED) is 0.567. The van der Waals surface area contributed by atoms with E-state index in [2.05, 4.69) is 21.8 Å². The summed E-state index contributed by atoms with van der Waals surface area (Å²) in [6, 6.07) is 4.13. The Morgan fingerprint density at radius 3 is 3.05 bits per heavy atom. The zero-order chi connectivity index (χ0) is 13.5. The van der Waals surface area contributed by atoms with Gasteiger partial charge < -0.3 is 9.30 Å². The van der Waals surface area contributed by atoms with E-state index in [9.17, 15) is 4.79 Å². The number of fused-ring (bicyclic) bond motifs is 1. The molecule has 0 amide bonds. The van der Waals surface area contributed by atoms with E-state index in [1.807, 2.05) is 25.4 Å². The Hall–Kier alpha value is -1.84. The minimum absolute atomic E-state index is 0.0851. The highest BCUT2D eigenvalue weighted by atomic mass is 16.5. The predicted octanol–water partition coefficient (Wildman–Crippen LogP) is 3.16. The molecule has 4 nitrogen and oxygen atoms in total. The fraction of sp³-hybridized carbons (Fsp3) is 0.467. The van der Waals surface area contributed by atoms with Crippen LogP contribution in [0.5, 0.6) is 0 Å². The van der Waals surface area contributed by atoms with Gasteiger partial charge in [0.05, 0.1) is 18.3 Å². The number of rotatable bonds is 7. The number of hydrogen-bond acceptors (Lipinski definition) is 3. The molecule has 4 heteroatoms. The van der Waals surface area contributed by atoms with Crippen molar-refractivity contribution >= 4 is 16.9 Å². The van der Waals surface area contributed by atoms with Crippen LogP contribution in [0.15, 0.2) is 30.7 Å². The van der Waals surface area contributed by atoms with Crippen molar-refractivity contribution in [2.45, 2.75) is 39.2 Å². The first-order valence-corrected chi connectivity index (χ1v) is 6.85. The summed E-state index contributed by atoms with van der Waals surface area (Å²) in [5, 5.41) is 1.22. The largest absolute Gasteiger partial charge is 0.466 e. The molecule has 0 unspecified atom stereocenters. The molecule has 0 N–H and O–H groups in total. The van der Waals surface area contributed by atoms with E-state index in [-0.39, 0.29) is 5.97 Å². The maximum atomic E-state index is 11.2. The number of esters is 1. The summed E-state index contributed by atoms with van der Waals surface area (Å²) >= 11 is 0. The third-order valence-electron chi connectivity index (χ3n) is 3.16. The molecule has 0 spiro atoms. The fourth-order valence-corrected chi connectivity index (χ4v) is 2.18. The summed E-state index contributed by atoms with van der Waals surface area (Å²) in [4.78, 5) is 15.3. The zero-order valence-electron chi connectivity index (χ0n) is 11.3. The van der Waals surface area contributed by atoms with Gasteiger partial charge in [0.25, 0.3) is 0 Å². The van der Waals surface area contributed by atoms with Gasteiger partial charge in [0.15, 0.2) is 0 Å². The highest BCUT2D eigenvalue weighted by Gasteiger charge is 2.02. The Balaban J connectivity index is 1.73. The first-order chi connectivity index (χ1) is 9.31. The van der Waals surface area contributed by atoms with E-state index < -0.39 is 0 Å². The molecule has 0 aliphatic heterocycles. The minimum Gasteiger partial charge on any atom is -0.466 e. The molecule has 2 rings (SSSR count). The summed E-state index contributed by atoms with van der Waals surface area (Å²) < 4.78 is 7.11. The summed E-state index contributed by atoms with van der Waals surface area (Å²) in [6.45, 7) is 3.28. The number of carbonyl (C=O) groups is 1. The van der Waals surface area contributed by atoms with Crippen molar-refractivity contribution in [1.82, 2.24) is 9.55 Å². The van der Waals surface area contributed by atoms with Crippen LogP contribution >= 0.6 is 0 Å². The topological polar surface area (TPSA) is 44.1 Å². The number of carbonyl (C=O) groups excluding carboxylic acids is 1. The van der Waals surface area contributed by atoms with Crippen molar-refractivity contribution in [2.75, 3.05) is 6.61 Å². The van der Waals surface area contributed by atoms with Crippen molar-refractivity contribution in [3.8, 4) is 0 Å². The van der Waals surface area contributed by atoms with Gasteiger partial charge in [-0.05, 0) is 31.9 Å². The number of nitrogens with zero attached hydrogens (tertiary/aromatic N) is 2. The fourth-order valence-electron chi connectivity index (χ4n) is 2.18. The van der Waals surface area contributed by atoms with E-state index in [0.29, 0.717) is 13.0 Å². The second kappa shape index (κ2) is 6.92. The highest BCUT2D eigenvalue weighted by molar-refractivity contribution is 5.78. The van der Waals surface area contributed by atoms with Crippen molar-refractivity contribution in [1.29, 1.82) is 0 Å². The predicted molar refractivity (Wildman–Crippen MR) is 74.8 cm³/mol. The van der Waals surface area contributed by atoms with Gasteiger partial charge in [-0.25, -0.2) is 0 Å². The first kappa shape index (κ1) is 13.6. The van der Waals surface area contributed by atoms with E-state index in [4.69, 9.17) is 4.74 Å². The van der Waals surface area contributed by atoms with E-state index in [0.717, 1.165) is 25.8 Å². The van der Waals surface area contributed by atoms with Gasteiger partial charge in [-0.15, -0.1) is 0 Å². The summed E-state index contributed by atoms with van der Waals surface area (Å²) in [6.07, 6.45) is 9.34. The van der Waals surface area contributed by atoms with Gasteiger partial charge >= 0.3 is 5.97 Å². The van der Waals surface area contributed by atoms with Gasteiger partial charge in [0, 0.05) is 30.7 Å². The number of unbranched alkanes of at least 4 members (excludes halogenated alkanes) is 2. The van der Waals surface area contributed by atoms with Crippen LogP contribution in [-0.2, 0) is 16.1 Å². The van der Waals surface area contributed by atoms with Gasteiger partial charge in [-0.1, -0.05) is 6.42 Å². The Morgan fingerprint density at radius 1 is 1.32 bits per heavy atom. The van der Waals surface area contributed by atoms with Crippen molar-refractivity contribution in [2.24, 2.45) is 0 Å². The molecule has 2 aromatic heterocycles. The number of ether oxygens (including phenoxy) is 1. The Morgan fingerprint density at radius 2 is 2.21 bits per heavy atom. The molecule has 0 aliphatic rings. The van der Waals surface area contributed by atoms with Crippen LogP contribution in [-0.4, -0.2) is 22.1 Å². The molecule has 0 atom stereocenters. The normalized spacial score (nSPS) is 10.8. The lowest BCUT2D eigenvalue weighted by molar-refractivity contribution is -0.143. The monoisotopic (exact) mass is 260 g/mol. The van der Waals surface area contributed by atoms with E-state index >= 15 is 0 Å². The van der Waals surface area contributed by atoms with Crippen LogP contribution in [0.4, 0.5) is 0 Å². The standard InChI is InChI=1S/C15H20N2O2/c1-2-19-15(18)6-4-3-5-10-17-11-8-13-7-9-16-12-14(13)17/h7-9,11-12H,2-6,10H2,1H3. The first-order valence-electron chi connectivity index (χ1n) is 6.85. The van der Waals surface area contributed by atoms with Crippen LogP contribution in [0, 0.1) is 0 Å². The average molecular weight is 260 g/mol. The van der Waals surface area contributed by atoms with Crippen LogP contribution in [0.2, 0.25) is 0 Å². The zero-order valence-corrected chi connectivity index (χ0v) is 11.3.